The zero-order valence-electron chi connectivity index (χ0n) is 21.4. The summed E-state index contributed by atoms with van der Waals surface area (Å²) >= 11 is 0. The maximum atomic E-state index is 13.3. The number of esters is 1. The van der Waals surface area contributed by atoms with E-state index in [1.807, 2.05) is 6.92 Å². The SMILES string of the molecule is COCOc1cc(OCC(F)(F)F)cc2c1C(=O)O[C@@H](C)[C@H](C)/C=C\[C@H](O)[C@H]1OC(C)(C)O[C@H]1CC=C2. The Morgan fingerprint density at radius 2 is 1.86 bits per heavy atom. The summed E-state index contributed by atoms with van der Waals surface area (Å²) in [5.74, 6) is -2.16. The Bertz CT molecular complexity index is 1000. The molecule has 1 N–H and O–H groups in total. The molecule has 0 radical (unpaired) electrons. The maximum absolute atomic E-state index is 13.3. The fourth-order valence-corrected chi connectivity index (χ4v) is 4.00. The lowest BCUT2D eigenvalue weighted by atomic mass is 9.99. The highest BCUT2D eigenvalue weighted by Crippen LogP contribution is 2.35. The number of hydrogen-bond donors (Lipinski definition) is 1. The molecule has 5 atom stereocenters. The molecule has 0 amide bonds. The predicted octanol–water partition coefficient (Wildman–Crippen LogP) is 4.65. The number of cyclic esters (lactones) is 1. The van der Waals surface area contributed by atoms with Crippen LogP contribution >= 0.6 is 0 Å². The topological polar surface area (TPSA) is 92.7 Å². The molecular formula is C26H33F3O8. The van der Waals surface area contributed by atoms with Gasteiger partial charge in [-0.05, 0) is 38.8 Å². The van der Waals surface area contributed by atoms with Crippen LogP contribution in [0.3, 0.4) is 0 Å². The van der Waals surface area contributed by atoms with Crippen molar-refractivity contribution in [2.24, 2.45) is 5.92 Å². The number of methoxy groups -OCH3 is 1. The summed E-state index contributed by atoms with van der Waals surface area (Å²) in [4.78, 5) is 13.3. The van der Waals surface area contributed by atoms with Gasteiger partial charge in [-0.15, -0.1) is 0 Å². The zero-order chi connectivity index (χ0) is 27.4. The first-order chi connectivity index (χ1) is 17.3. The van der Waals surface area contributed by atoms with E-state index in [2.05, 4.69) is 0 Å². The molecule has 0 aliphatic carbocycles. The Morgan fingerprint density at radius 1 is 1.14 bits per heavy atom. The Balaban J connectivity index is 2.07. The van der Waals surface area contributed by atoms with E-state index in [1.165, 1.54) is 19.2 Å². The molecule has 1 saturated heterocycles. The highest BCUT2D eigenvalue weighted by Gasteiger charge is 2.43. The molecule has 3 rings (SSSR count). The largest absolute Gasteiger partial charge is 0.484 e. The number of hydrogen-bond acceptors (Lipinski definition) is 8. The van der Waals surface area contributed by atoms with E-state index in [-0.39, 0.29) is 41.8 Å². The molecule has 0 bridgehead atoms. The second-order valence-corrected chi connectivity index (χ2v) is 9.46. The smallest absolute Gasteiger partial charge is 0.422 e. The van der Waals surface area contributed by atoms with Crippen LogP contribution in [-0.2, 0) is 18.9 Å². The van der Waals surface area contributed by atoms with Crippen LogP contribution in [0.2, 0.25) is 0 Å². The van der Waals surface area contributed by atoms with Gasteiger partial charge in [0.2, 0.25) is 0 Å². The summed E-state index contributed by atoms with van der Waals surface area (Å²) in [7, 11) is 1.37. The molecule has 2 heterocycles. The first-order valence-corrected chi connectivity index (χ1v) is 11.9. The molecule has 0 spiro atoms. The van der Waals surface area contributed by atoms with Gasteiger partial charge < -0.3 is 33.5 Å². The number of carbonyl (C=O) groups excluding carboxylic acids is 1. The average Bonchev–Trinajstić information content (AvgIpc) is 3.12. The van der Waals surface area contributed by atoms with Crippen LogP contribution in [0.5, 0.6) is 11.5 Å². The van der Waals surface area contributed by atoms with Crippen LogP contribution in [0.25, 0.3) is 6.08 Å². The first kappa shape index (κ1) is 29.0. The lowest BCUT2D eigenvalue weighted by Crippen LogP contribution is -2.34. The summed E-state index contributed by atoms with van der Waals surface area (Å²) in [6.07, 6.45) is -0.502. The molecule has 8 nitrogen and oxygen atoms in total. The van der Waals surface area contributed by atoms with E-state index in [0.717, 1.165) is 0 Å². The molecule has 1 aromatic rings. The molecule has 0 unspecified atom stereocenters. The van der Waals surface area contributed by atoms with Crippen LogP contribution in [-0.4, -0.2) is 68.0 Å². The van der Waals surface area contributed by atoms with Crippen LogP contribution in [0, 0.1) is 5.92 Å². The molecule has 2 aliphatic heterocycles. The minimum absolute atomic E-state index is 0.00764. The number of rotatable bonds is 5. The van der Waals surface area contributed by atoms with Crippen molar-refractivity contribution in [3.63, 3.8) is 0 Å². The number of benzene rings is 1. The number of aliphatic hydroxyl groups is 1. The lowest BCUT2D eigenvalue weighted by molar-refractivity contribution is -0.153. The number of alkyl halides is 3. The minimum atomic E-state index is -4.56. The Kier molecular flexibility index (Phi) is 9.27. The van der Waals surface area contributed by atoms with Gasteiger partial charge in [0.05, 0.1) is 6.10 Å². The van der Waals surface area contributed by atoms with Gasteiger partial charge in [-0.1, -0.05) is 31.2 Å². The molecular weight excluding hydrogens is 497 g/mol. The van der Waals surface area contributed by atoms with E-state index in [0.29, 0.717) is 0 Å². The lowest BCUT2D eigenvalue weighted by Gasteiger charge is -2.23. The highest BCUT2D eigenvalue weighted by atomic mass is 19.4. The van der Waals surface area contributed by atoms with Crippen LogP contribution in [0.15, 0.2) is 30.4 Å². The van der Waals surface area contributed by atoms with Crippen molar-refractivity contribution < 1.29 is 51.5 Å². The number of fused-ring (bicyclic) bond motifs is 2. The van der Waals surface area contributed by atoms with Gasteiger partial charge in [0.25, 0.3) is 0 Å². The van der Waals surface area contributed by atoms with Crippen LogP contribution < -0.4 is 9.47 Å². The first-order valence-electron chi connectivity index (χ1n) is 11.9. The van der Waals surface area contributed by atoms with Crippen molar-refractivity contribution in [3.05, 3.63) is 41.5 Å². The standard InChI is InChI=1S/C26H33F3O8/c1-15-9-10-19(30)23-20(36-25(3,4)37-23)8-6-7-17-11-18(33-13-26(27,28)29)12-21(34-14-32-5)22(17)24(31)35-16(15)2/h6-7,9-12,15-16,19-20,23,30H,8,13-14H2,1-5H3/b7-6?,10-9-/t15-,16+,19+,20+,23-/m1/s1. The van der Waals surface area contributed by atoms with E-state index < -0.39 is 49.0 Å². The molecule has 206 valence electrons. The fraction of sp³-hybridized carbons (Fsp3) is 0.577. The van der Waals surface area contributed by atoms with Crippen LogP contribution in [0.1, 0.15) is 50.0 Å². The van der Waals surface area contributed by atoms with Gasteiger partial charge in [0, 0.05) is 19.1 Å². The Morgan fingerprint density at radius 3 is 2.54 bits per heavy atom. The van der Waals surface area contributed by atoms with Gasteiger partial charge in [0.1, 0.15) is 35.4 Å². The normalized spacial score (nSPS) is 29.0. The summed E-state index contributed by atoms with van der Waals surface area (Å²) < 4.78 is 71.3. The average molecular weight is 531 g/mol. The van der Waals surface area contributed by atoms with E-state index >= 15 is 0 Å². The Labute approximate surface area is 213 Å². The second kappa shape index (κ2) is 11.8. The van der Waals surface area contributed by atoms with Gasteiger partial charge in [-0.3, -0.25) is 0 Å². The monoisotopic (exact) mass is 530 g/mol. The number of aliphatic hydroxyl groups excluding tert-OH is 1. The number of halogens is 3. The summed E-state index contributed by atoms with van der Waals surface area (Å²) in [5, 5.41) is 10.8. The van der Waals surface area contributed by atoms with Gasteiger partial charge >= 0.3 is 12.1 Å². The molecule has 0 saturated carbocycles. The molecule has 1 fully saturated rings. The third-order valence-corrected chi connectivity index (χ3v) is 5.91. The zero-order valence-corrected chi connectivity index (χ0v) is 21.4. The van der Waals surface area contributed by atoms with Crippen molar-refractivity contribution in [3.8, 4) is 11.5 Å². The van der Waals surface area contributed by atoms with Gasteiger partial charge in [-0.2, -0.15) is 13.2 Å². The molecule has 1 aromatic carbocycles. The minimum Gasteiger partial charge on any atom is -0.484 e. The van der Waals surface area contributed by atoms with E-state index in [1.54, 1.807) is 45.1 Å². The van der Waals surface area contributed by atoms with E-state index in [9.17, 15) is 23.1 Å². The number of ether oxygens (including phenoxy) is 6. The summed E-state index contributed by atoms with van der Waals surface area (Å²) in [6, 6.07) is 2.50. The van der Waals surface area contributed by atoms with Crippen molar-refractivity contribution in [1.29, 1.82) is 0 Å². The highest BCUT2D eigenvalue weighted by molar-refractivity contribution is 5.97. The van der Waals surface area contributed by atoms with Crippen molar-refractivity contribution in [1.82, 2.24) is 0 Å². The molecule has 11 heteroatoms. The maximum Gasteiger partial charge on any atom is 0.422 e. The Hall–Kier alpha value is -2.60. The van der Waals surface area contributed by atoms with Gasteiger partial charge in [0.15, 0.2) is 19.2 Å². The third kappa shape index (κ3) is 7.94. The number of carbonyl (C=O) groups is 1. The predicted molar refractivity (Wildman–Crippen MR) is 127 cm³/mol. The van der Waals surface area contributed by atoms with Gasteiger partial charge in [-0.25, -0.2) is 4.79 Å². The van der Waals surface area contributed by atoms with Crippen molar-refractivity contribution in [2.75, 3.05) is 20.5 Å². The van der Waals surface area contributed by atoms with E-state index in [4.69, 9.17) is 28.4 Å². The molecule has 0 aromatic heterocycles. The van der Waals surface area contributed by atoms with Crippen molar-refractivity contribution in [2.45, 2.75) is 70.5 Å². The quantitative estimate of drug-likeness (QED) is 0.334. The van der Waals surface area contributed by atoms with Crippen LogP contribution in [0.4, 0.5) is 13.2 Å². The third-order valence-electron chi connectivity index (χ3n) is 5.91. The summed E-state index contributed by atoms with van der Waals surface area (Å²) in [5.41, 5.74) is 0.228. The van der Waals surface area contributed by atoms with Crippen molar-refractivity contribution >= 4 is 12.0 Å². The molecule has 2 aliphatic rings. The second-order valence-electron chi connectivity index (χ2n) is 9.46. The molecule has 37 heavy (non-hydrogen) atoms. The summed E-state index contributed by atoms with van der Waals surface area (Å²) in [6.45, 7) is 5.21. The fourth-order valence-electron chi connectivity index (χ4n) is 4.00.